The number of methoxy groups -OCH3 is 2. The van der Waals surface area contributed by atoms with Gasteiger partial charge in [-0.05, 0) is 20.8 Å². The molecule has 0 radical (unpaired) electrons. The Balaban J connectivity index is 2.69. The number of hydrogen-bond donors (Lipinski definition) is 1. The first-order valence-electron chi connectivity index (χ1n) is 6.22. The summed E-state index contributed by atoms with van der Waals surface area (Å²) in [5, 5.41) is 2.41. The zero-order chi connectivity index (χ0) is 16.0. The third kappa shape index (κ3) is 5.64. The Bertz CT molecular complexity index is 503. The van der Waals surface area contributed by atoms with E-state index in [1.807, 2.05) is 0 Å². The summed E-state index contributed by atoms with van der Waals surface area (Å²) in [5.74, 6) is -0.909. The average molecular weight is 297 g/mol. The topological polar surface area (TPSA) is 99.6 Å². The predicted molar refractivity (Wildman–Crippen MR) is 73.3 cm³/mol. The van der Waals surface area contributed by atoms with Crippen LogP contribution in [-0.2, 0) is 9.53 Å². The van der Waals surface area contributed by atoms with Gasteiger partial charge in [0.15, 0.2) is 0 Å². The molecule has 0 spiro atoms. The van der Waals surface area contributed by atoms with Crippen molar-refractivity contribution in [2.45, 2.75) is 26.4 Å². The van der Waals surface area contributed by atoms with Crippen LogP contribution in [0.1, 0.15) is 31.3 Å². The highest BCUT2D eigenvalue weighted by atomic mass is 16.6. The first kappa shape index (κ1) is 16.7. The standard InChI is InChI=1S/C13H19N3O5/c1-13(2,3)21-10(17)7-14-11(18)8-6-9(19-4)16-12(15-8)20-5/h6H,7H2,1-5H3,(H,14,18). The van der Waals surface area contributed by atoms with Gasteiger partial charge in [0.25, 0.3) is 5.91 Å². The van der Waals surface area contributed by atoms with Gasteiger partial charge in [0.2, 0.25) is 5.88 Å². The molecular weight excluding hydrogens is 278 g/mol. The summed E-state index contributed by atoms with van der Waals surface area (Å²) >= 11 is 0. The lowest BCUT2D eigenvalue weighted by Gasteiger charge is -2.19. The van der Waals surface area contributed by atoms with Crippen molar-refractivity contribution < 1.29 is 23.8 Å². The maximum atomic E-state index is 11.9. The summed E-state index contributed by atoms with van der Waals surface area (Å²) in [6.07, 6.45) is 0. The number of amides is 1. The van der Waals surface area contributed by atoms with Gasteiger partial charge in [0.05, 0.1) is 14.2 Å². The van der Waals surface area contributed by atoms with E-state index >= 15 is 0 Å². The fraction of sp³-hybridized carbons (Fsp3) is 0.538. The second-order valence-corrected chi connectivity index (χ2v) is 5.05. The highest BCUT2D eigenvalue weighted by molar-refractivity contribution is 5.94. The Hall–Kier alpha value is -2.38. The van der Waals surface area contributed by atoms with E-state index in [0.29, 0.717) is 0 Å². The van der Waals surface area contributed by atoms with E-state index in [1.165, 1.54) is 20.3 Å². The third-order valence-corrected chi connectivity index (χ3v) is 2.12. The monoisotopic (exact) mass is 297 g/mol. The molecule has 0 atom stereocenters. The van der Waals surface area contributed by atoms with Crippen molar-refractivity contribution in [1.82, 2.24) is 15.3 Å². The molecule has 0 unspecified atom stereocenters. The molecule has 8 nitrogen and oxygen atoms in total. The van der Waals surface area contributed by atoms with Gasteiger partial charge in [-0.15, -0.1) is 0 Å². The van der Waals surface area contributed by atoms with Crippen LogP contribution in [0.5, 0.6) is 11.9 Å². The molecule has 0 aliphatic heterocycles. The van der Waals surface area contributed by atoms with E-state index in [9.17, 15) is 9.59 Å². The molecule has 1 heterocycles. The highest BCUT2D eigenvalue weighted by Gasteiger charge is 2.18. The van der Waals surface area contributed by atoms with Crippen molar-refractivity contribution in [3.8, 4) is 11.9 Å². The lowest BCUT2D eigenvalue weighted by molar-refractivity contribution is -0.153. The van der Waals surface area contributed by atoms with Crippen LogP contribution in [0, 0.1) is 0 Å². The number of carbonyl (C=O) groups is 2. The van der Waals surface area contributed by atoms with Crippen LogP contribution >= 0.6 is 0 Å². The van der Waals surface area contributed by atoms with Crippen LogP contribution in [0.15, 0.2) is 6.07 Å². The summed E-state index contributed by atoms with van der Waals surface area (Å²) in [4.78, 5) is 31.2. The van der Waals surface area contributed by atoms with Gasteiger partial charge in [-0.3, -0.25) is 9.59 Å². The minimum Gasteiger partial charge on any atom is -0.481 e. The Labute approximate surface area is 122 Å². The molecule has 0 bridgehead atoms. The van der Waals surface area contributed by atoms with E-state index in [1.54, 1.807) is 20.8 Å². The Morgan fingerprint density at radius 3 is 2.38 bits per heavy atom. The minimum atomic E-state index is -0.608. The van der Waals surface area contributed by atoms with Crippen LogP contribution in [0.4, 0.5) is 0 Å². The number of carbonyl (C=O) groups excluding carboxylic acids is 2. The van der Waals surface area contributed by atoms with Crippen LogP contribution in [0.3, 0.4) is 0 Å². The second kappa shape index (κ2) is 6.87. The molecule has 1 rings (SSSR count). The maximum Gasteiger partial charge on any atom is 0.325 e. The summed E-state index contributed by atoms with van der Waals surface area (Å²) in [6, 6.07) is 1.34. The summed E-state index contributed by atoms with van der Waals surface area (Å²) < 4.78 is 14.9. The molecule has 21 heavy (non-hydrogen) atoms. The fourth-order valence-corrected chi connectivity index (χ4v) is 1.34. The molecule has 0 fully saturated rings. The Kier molecular flexibility index (Phi) is 5.45. The molecule has 0 saturated carbocycles. The molecule has 0 aliphatic carbocycles. The van der Waals surface area contributed by atoms with Crippen LogP contribution < -0.4 is 14.8 Å². The van der Waals surface area contributed by atoms with E-state index in [0.717, 1.165) is 0 Å². The Morgan fingerprint density at radius 2 is 1.86 bits per heavy atom. The van der Waals surface area contributed by atoms with Gasteiger partial charge in [0, 0.05) is 6.07 Å². The zero-order valence-corrected chi connectivity index (χ0v) is 12.7. The molecule has 1 N–H and O–H groups in total. The number of rotatable bonds is 5. The number of nitrogens with one attached hydrogen (secondary N) is 1. The van der Waals surface area contributed by atoms with Gasteiger partial charge >= 0.3 is 12.0 Å². The van der Waals surface area contributed by atoms with E-state index in [-0.39, 0.29) is 24.1 Å². The number of ether oxygens (including phenoxy) is 3. The van der Waals surface area contributed by atoms with Crippen molar-refractivity contribution in [2.75, 3.05) is 20.8 Å². The SMILES string of the molecule is COc1cc(C(=O)NCC(=O)OC(C)(C)C)nc(OC)n1. The predicted octanol–water partition coefficient (Wildman–Crippen LogP) is 0.565. The molecule has 1 aromatic heterocycles. The fourth-order valence-electron chi connectivity index (χ4n) is 1.34. The van der Waals surface area contributed by atoms with Gasteiger partial charge in [0.1, 0.15) is 17.8 Å². The van der Waals surface area contributed by atoms with Crippen LogP contribution in [0.25, 0.3) is 0 Å². The van der Waals surface area contributed by atoms with Crippen LogP contribution in [0.2, 0.25) is 0 Å². The van der Waals surface area contributed by atoms with E-state index < -0.39 is 17.5 Å². The smallest absolute Gasteiger partial charge is 0.325 e. The number of hydrogen-bond acceptors (Lipinski definition) is 7. The lowest BCUT2D eigenvalue weighted by Crippen LogP contribution is -2.35. The van der Waals surface area contributed by atoms with Crippen LogP contribution in [-0.4, -0.2) is 48.2 Å². The quantitative estimate of drug-likeness (QED) is 0.793. The largest absolute Gasteiger partial charge is 0.481 e. The first-order valence-corrected chi connectivity index (χ1v) is 6.22. The Morgan fingerprint density at radius 1 is 1.19 bits per heavy atom. The van der Waals surface area contributed by atoms with Gasteiger partial charge < -0.3 is 19.5 Å². The highest BCUT2D eigenvalue weighted by Crippen LogP contribution is 2.13. The minimum absolute atomic E-state index is 0.00299. The number of aromatic nitrogens is 2. The maximum absolute atomic E-state index is 11.9. The molecular formula is C13H19N3O5. The third-order valence-electron chi connectivity index (χ3n) is 2.12. The second-order valence-electron chi connectivity index (χ2n) is 5.05. The van der Waals surface area contributed by atoms with Gasteiger partial charge in [-0.1, -0.05) is 0 Å². The molecule has 0 saturated heterocycles. The number of nitrogens with zero attached hydrogens (tertiary/aromatic N) is 2. The summed E-state index contributed by atoms with van der Waals surface area (Å²) in [6.45, 7) is 4.97. The van der Waals surface area contributed by atoms with E-state index in [2.05, 4.69) is 15.3 Å². The van der Waals surface area contributed by atoms with Crippen molar-refractivity contribution in [1.29, 1.82) is 0 Å². The van der Waals surface area contributed by atoms with Gasteiger partial charge in [-0.2, -0.15) is 9.97 Å². The van der Waals surface area contributed by atoms with Crippen molar-refractivity contribution in [3.63, 3.8) is 0 Å². The lowest BCUT2D eigenvalue weighted by atomic mass is 10.2. The molecule has 0 aliphatic rings. The van der Waals surface area contributed by atoms with Crippen molar-refractivity contribution in [3.05, 3.63) is 11.8 Å². The van der Waals surface area contributed by atoms with Crippen molar-refractivity contribution in [2.24, 2.45) is 0 Å². The van der Waals surface area contributed by atoms with Gasteiger partial charge in [-0.25, -0.2) is 0 Å². The zero-order valence-electron chi connectivity index (χ0n) is 12.7. The molecule has 116 valence electrons. The molecule has 1 amide bonds. The summed E-state index contributed by atoms with van der Waals surface area (Å²) in [7, 11) is 2.78. The molecule has 1 aromatic rings. The molecule has 0 aromatic carbocycles. The normalized spacial score (nSPS) is 10.7. The first-order chi connectivity index (χ1) is 9.75. The molecule has 8 heteroatoms. The van der Waals surface area contributed by atoms with Crippen molar-refractivity contribution >= 4 is 11.9 Å². The summed E-state index contributed by atoms with van der Waals surface area (Å²) in [5.41, 5.74) is -0.578. The van der Waals surface area contributed by atoms with E-state index in [4.69, 9.17) is 14.2 Å². The number of esters is 1. The average Bonchev–Trinajstić information content (AvgIpc) is 2.42.